The first kappa shape index (κ1) is 14.0. The van der Waals surface area contributed by atoms with Gasteiger partial charge in [0, 0.05) is 13.5 Å². The van der Waals surface area contributed by atoms with Gasteiger partial charge in [-0.2, -0.15) is 0 Å². The molecule has 0 N–H and O–H groups in total. The largest absolute Gasteiger partial charge is 0.379 e. The number of ether oxygens (including phenoxy) is 4. The Bertz CT molecular complexity index is 449. The maximum atomic E-state index is 6.05. The van der Waals surface area contributed by atoms with Gasteiger partial charge in [0.25, 0.3) is 0 Å². The van der Waals surface area contributed by atoms with Gasteiger partial charge in [-0.25, -0.2) is 0 Å². The standard InChI is InChI=1S/C16H22O4/c1-11-15-13(17-3)9-14(16(2,19-11)20-15)18-10-12-7-5-4-6-8-12/h4-8,11,13-15H,9-10H2,1-3H3/t11-,13+,14-,15-,16-/m1/s1. The summed E-state index contributed by atoms with van der Waals surface area (Å²) in [5.74, 6) is -0.659. The van der Waals surface area contributed by atoms with E-state index in [9.17, 15) is 0 Å². The van der Waals surface area contributed by atoms with Crippen LogP contribution in [-0.2, 0) is 25.6 Å². The van der Waals surface area contributed by atoms with Crippen molar-refractivity contribution in [2.45, 2.75) is 57.1 Å². The zero-order chi connectivity index (χ0) is 14.2. The van der Waals surface area contributed by atoms with Crippen molar-refractivity contribution in [3.8, 4) is 0 Å². The first-order valence-electron chi connectivity index (χ1n) is 7.16. The van der Waals surface area contributed by atoms with E-state index >= 15 is 0 Å². The molecule has 2 aliphatic heterocycles. The van der Waals surface area contributed by atoms with Crippen molar-refractivity contribution in [3.05, 3.63) is 35.9 Å². The lowest BCUT2D eigenvalue weighted by Gasteiger charge is -2.39. The molecule has 0 saturated carbocycles. The summed E-state index contributed by atoms with van der Waals surface area (Å²) in [6.07, 6.45) is 0.751. The fourth-order valence-corrected chi connectivity index (χ4v) is 3.14. The smallest absolute Gasteiger partial charge is 0.192 e. The number of benzene rings is 1. The molecule has 0 radical (unpaired) electrons. The van der Waals surface area contributed by atoms with Crippen LogP contribution in [0.1, 0.15) is 25.8 Å². The van der Waals surface area contributed by atoms with Crippen molar-refractivity contribution in [3.63, 3.8) is 0 Å². The first-order chi connectivity index (χ1) is 9.62. The average molecular weight is 278 g/mol. The Balaban J connectivity index is 1.69. The van der Waals surface area contributed by atoms with Crippen LogP contribution in [0, 0.1) is 0 Å². The Morgan fingerprint density at radius 2 is 2.00 bits per heavy atom. The molecule has 0 unspecified atom stereocenters. The highest BCUT2D eigenvalue weighted by atomic mass is 16.8. The molecule has 5 atom stereocenters. The van der Waals surface area contributed by atoms with Gasteiger partial charge in [0.2, 0.25) is 0 Å². The van der Waals surface area contributed by atoms with Crippen LogP contribution in [0.2, 0.25) is 0 Å². The minimum absolute atomic E-state index is 0.00146. The summed E-state index contributed by atoms with van der Waals surface area (Å²) >= 11 is 0. The van der Waals surface area contributed by atoms with E-state index < -0.39 is 5.79 Å². The molecule has 4 heteroatoms. The molecule has 2 heterocycles. The maximum Gasteiger partial charge on any atom is 0.192 e. The van der Waals surface area contributed by atoms with Crippen molar-refractivity contribution in [1.82, 2.24) is 0 Å². The molecule has 4 nitrogen and oxygen atoms in total. The summed E-state index contributed by atoms with van der Waals surface area (Å²) in [5, 5.41) is 0. The number of rotatable bonds is 4. The molecule has 1 aromatic carbocycles. The monoisotopic (exact) mass is 278 g/mol. The predicted molar refractivity (Wildman–Crippen MR) is 74.3 cm³/mol. The Hall–Kier alpha value is -0.940. The Kier molecular flexibility index (Phi) is 3.82. The summed E-state index contributed by atoms with van der Waals surface area (Å²) < 4.78 is 23.6. The van der Waals surface area contributed by atoms with Crippen LogP contribution in [0.4, 0.5) is 0 Å². The molecule has 2 saturated heterocycles. The summed E-state index contributed by atoms with van der Waals surface area (Å²) in [6, 6.07) is 10.1. The lowest BCUT2D eigenvalue weighted by molar-refractivity contribution is -0.270. The van der Waals surface area contributed by atoms with Crippen LogP contribution < -0.4 is 0 Å². The number of fused-ring (bicyclic) bond motifs is 2. The molecule has 2 aliphatic rings. The van der Waals surface area contributed by atoms with Crippen LogP contribution in [0.3, 0.4) is 0 Å². The minimum atomic E-state index is -0.659. The molecule has 20 heavy (non-hydrogen) atoms. The van der Waals surface area contributed by atoms with Gasteiger partial charge in [0.05, 0.1) is 18.8 Å². The molecular weight excluding hydrogens is 256 g/mol. The van der Waals surface area contributed by atoms with Crippen LogP contribution in [0.5, 0.6) is 0 Å². The van der Waals surface area contributed by atoms with E-state index in [0.717, 1.165) is 12.0 Å². The predicted octanol–water partition coefficient (Wildman–Crippen LogP) is 2.51. The molecule has 0 spiro atoms. The van der Waals surface area contributed by atoms with Crippen LogP contribution >= 0.6 is 0 Å². The van der Waals surface area contributed by atoms with Crippen molar-refractivity contribution < 1.29 is 18.9 Å². The topological polar surface area (TPSA) is 36.9 Å². The Morgan fingerprint density at radius 3 is 2.70 bits per heavy atom. The van der Waals surface area contributed by atoms with E-state index in [0.29, 0.717) is 6.61 Å². The van der Waals surface area contributed by atoms with Crippen molar-refractivity contribution >= 4 is 0 Å². The van der Waals surface area contributed by atoms with Crippen molar-refractivity contribution in [1.29, 1.82) is 0 Å². The van der Waals surface area contributed by atoms with E-state index in [1.165, 1.54) is 0 Å². The van der Waals surface area contributed by atoms with E-state index in [1.54, 1.807) is 7.11 Å². The zero-order valence-electron chi connectivity index (χ0n) is 12.2. The third-order valence-corrected chi connectivity index (χ3v) is 4.25. The number of hydrogen-bond acceptors (Lipinski definition) is 4. The van der Waals surface area contributed by atoms with Gasteiger partial charge in [0.15, 0.2) is 5.79 Å². The highest BCUT2D eigenvalue weighted by Gasteiger charge is 2.56. The van der Waals surface area contributed by atoms with Gasteiger partial charge in [-0.05, 0) is 19.4 Å². The molecule has 1 aromatic rings. The van der Waals surface area contributed by atoms with E-state index in [1.807, 2.05) is 32.0 Å². The lowest BCUT2D eigenvalue weighted by Crippen LogP contribution is -2.51. The molecule has 3 rings (SSSR count). The Labute approximate surface area is 120 Å². The second-order valence-electron chi connectivity index (χ2n) is 5.72. The van der Waals surface area contributed by atoms with Gasteiger partial charge in [-0.1, -0.05) is 30.3 Å². The molecule has 2 fully saturated rings. The molecule has 0 aromatic heterocycles. The highest BCUT2D eigenvalue weighted by Crippen LogP contribution is 2.42. The highest BCUT2D eigenvalue weighted by molar-refractivity contribution is 5.13. The molecule has 0 aliphatic carbocycles. The van der Waals surface area contributed by atoms with Gasteiger partial charge >= 0.3 is 0 Å². The second kappa shape index (κ2) is 5.45. The summed E-state index contributed by atoms with van der Waals surface area (Å²) in [4.78, 5) is 0. The number of hydrogen-bond donors (Lipinski definition) is 0. The van der Waals surface area contributed by atoms with Crippen LogP contribution in [-0.4, -0.2) is 37.3 Å². The minimum Gasteiger partial charge on any atom is -0.379 e. The third-order valence-electron chi connectivity index (χ3n) is 4.25. The van der Waals surface area contributed by atoms with E-state index in [-0.39, 0.29) is 24.4 Å². The van der Waals surface area contributed by atoms with Gasteiger partial charge in [-0.15, -0.1) is 0 Å². The zero-order valence-corrected chi connectivity index (χ0v) is 12.2. The quantitative estimate of drug-likeness (QED) is 0.848. The number of methoxy groups -OCH3 is 1. The molecule has 2 bridgehead atoms. The van der Waals surface area contributed by atoms with E-state index in [2.05, 4.69) is 12.1 Å². The SMILES string of the molecule is CO[C@H]1C[C@@H](OCc2ccccc2)[C@@]2(C)O[C@@H]1[C@@H](C)O2. The van der Waals surface area contributed by atoms with Gasteiger partial charge in [-0.3, -0.25) is 0 Å². The fourth-order valence-electron chi connectivity index (χ4n) is 3.14. The third kappa shape index (κ3) is 2.49. The fraction of sp³-hybridized carbons (Fsp3) is 0.625. The lowest BCUT2D eigenvalue weighted by atomic mass is 9.97. The Morgan fingerprint density at radius 1 is 1.25 bits per heavy atom. The van der Waals surface area contributed by atoms with E-state index in [4.69, 9.17) is 18.9 Å². The van der Waals surface area contributed by atoms with Crippen molar-refractivity contribution in [2.75, 3.05) is 7.11 Å². The van der Waals surface area contributed by atoms with Gasteiger partial charge in [0.1, 0.15) is 12.2 Å². The summed E-state index contributed by atoms with van der Waals surface area (Å²) in [6.45, 7) is 4.55. The second-order valence-corrected chi connectivity index (χ2v) is 5.72. The molecule has 110 valence electrons. The van der Waals surface area contributed by atoms with Crippen LogP contribution in [0.25, 0.3) is 0 Å². The summed E-state index contributed by atoms with van der Waals surface area (Å²) in [7, 11) is 1.72. The van der Waals surface area contributed by atoms with Crippen molar-refractivity contribution in [2.24, 2.45) is 0 Å². The molecule has 0 amide bonds. The summed E-state index contributed by atoms with van der Waals surface area (Å²) in [5.41, 5.74) is 1.15. The van der Waals surface area contributed by atoms with Crippen LogP contribution in [0.15, 0.2) is 30.3 Å². The maximum absolute atomic E-state index is 6.05. The normalized spacial score (nSPS) is 40.0. The first-order valence-corrected chi connectivity index (χ1v) is 7.16. The molecular formula is C16H22O4. The van der Waals surface area contributed by atoms with Gasteiger partial charge < -0.3 is 18.9 Å². The average Bonchev–Trinajstić information content (AvgIpc) is 2.72.